The molecule has 0 spiro atoms. The Hall–Kier alpha value is -1.27. The van der Waals surface area contributed by atoms with Crippen molar-refractivity contribution in [3.05, 3.63) is 40.2 Å². The highest BCUT2D eigenvalue weighted by Crippen LogP contribution is 2.33. The predicted octanol–water partition coefficient (Wildman–Crippen LogP) is 2.40. The summed E-state index contributed by atoms with van der Waals surface area (Å²) in [6.45, 7) is 2.52. The zero-order valence-corrected chi connectivity index (χ0v) is 12.1. The average molecular weight is 290 g/mol. The Morgan fingerprint density at radius 2 is 2.10 bits per heavy atom. The molecule has 1 unspecified atom stereocenters. The molecule has 2 aromatic rings. The molecule has 0 amide bonds. The zero-order valence-electron chi connectivity index (χ0n) is 11.2. The molecule has 1 aromatic carbocycles. The molecule has 106 valence electrons. The first-order chi connectivity index (χ1) is 9.88. The van der Waals surface area contributed by atoms with Crippen LogP contribution in [0.2, 0.25) is 0 Å². The van der Waals surface area contributed by atoms with E-state index in [0.717, 1.165) is 22.7 Å². The largest absolute Gasteiger partial charge is 0.376 e. The van der Waals surface area contributed by atoms with Crippen LogP contribution in [0.5, 0.6) is 0 Å². The number of benzene rings is 1. The maximum absolute atomic E-state index is 5.74. The second kappa shape index (κ2) is 6.45. The van der Waals surface area contributed by atoms with Crippen LogP contribution in [-0.2, 0) is 15.9 Å². The van der Waals surface area contributed by atoms with Gasteiger partial charge in [-0.05, 0) is 13.0 Å². The molecule has 0 radical (unpaired) electrons. The van der Waals surface area contributed by atoms with E-state index >= 15 is 0 Å². The quantitative estimate of drug-likeness (QED) is 0.939. The van der Waals surface area contributed by atoms with Gasteiger partial charge in [0.25, 0.3) is 0 Å². The number of nitrogens with zero attached hydrogens (tertiary/aromatic N) is 1. The minimum absolute atomic E-state index is 0.0391. The molecular formula is C15H18N2O2S. The van der Waals surface area contributed by atoms with E-state index in [1.54, 1.807) is 11.3 Å². The third-order valence-electron chi connectivity index (χ3n) is 3.22. The monoisotopic (exact) mass is 290 g/mol. The van der Waals surface area contributed by atoms with Crippen molar-refractivity contribution in [1.82, 2.24) is 4.98 Å². The summed E-state index contributed by atoms with van der Waals surface area (Å²) in [4.78, 5) is 6.01. The first-order valence-electron chi connectivity index (χ1n) is 6.83. The summed E-state index contributed by atoms with van der Waals surface area (Å²) >= 11 is 1.69. The summed E-state index contributed by atoms with van der Waals surface area (Å²) in [5, 5.41) is 0.993. The Balaban J connectivity index is 1.93. The van der Waals surface area contributed by atoms with Crippen molar-refractivity contribution in [3.8, 4) is 11.3 Å². The van der Waals surface area contributed by atoms with Gasteiger partial charge >= 0.3 is 0 Å². The SMILES string of the molecule is NCCc1sc(C2COCCO2)nc1-c1ccccc1. The van der Waals surface area contributed by atoms with Crippen molar-refractivity contribution < 1.29 is 9.47 Å². The van der Waals surface area contributed by atoms with Gasteiger partial charge in [0.1, 0.15) is 11.1 Å². The first kappa shape index (κ1) is 13.7. The number of thiazole rings is 1. The fraction of sp³-hybridized carbons (Fsp3) is 0.400. The van der Waals surface area contributed by atoms with Gasteiger partial charge in [-0.25, -0.2) is 4.98 Å². The molecule has 20 heavy (non-hydrogen) atoms. The highest BCUT2D eigenvalue weighted by Gasteiger charge is 2.22. The standard InChI is InChI=1S/C15H18N2O2S/c16-7-6-13-14(11-4-2-1-3-5-11)17-15(20-13)12-10-18-8-9-19-12/h1-5,12H,6-10,16H2. The van der Waals surface area contributed by atoms with Gasteiger partial charge in [0.2, 0.25) is 0 Å². The number of nitrogens with two attached hydrogens (primary N) is 1. The van der Waals surface area contributed by atoms with E-state index in [1.807, 2.05) is 18.2 Å². The lowest BCUT2D eigenvalue weighted by Crippen LogP contribution is -2.21. The number of hydrogen-bond donors (Lipinski definition) is 1. The van der Waals surface area contributed by atoms with Crippen LogP contribution in [0.1, 0.15) is 16.0 Å². The zero-order chi connectivity index (χ0) is 13.8. The van der Waals surface area contributed by atoms with Gasteiger partial charge < -0.3 is 15.2 Å². The van der Waals surface area contributed by atoms with Crippen LogP contribution in [0, 0.1) is 0 Å². The van der Waals surface area contributed by atoms with Gasteiger partial charge in [0, 0.05) is 10.4 Å². The van der Waals surface area contributed by atoms with Crippen LogP contribution >= 0.6 is 11.3 Å². The number of aromatic nitrogens is 1. The second-order valence-electron chi connectivity index (χ2n) is 4.66. The van der Waals surface area contributed by atoms with Crippen molar-refractivity contribution in [1.29, 1.82) is 0 Å². The van der Waals surface area contributed by atoms with Gasteiger partial charge in [-0.2, -0.15) is 0 Å². The van der Waals surface area contributed by atoms with E-state index in [9.17, 15) is 0 Å². The van der Waals surface area contributed by atoms with Crippen LogP contribution in [0.4, 0.5) is 0 Å². The smallest absolute Gasteiger partial charge is 0.132 e. The normalized spacial score (nSPS) is 19.1. The number of ether oxygens (including phenoxy) is 2. The molecule has 1 aliphatic rings. The molecule has 1 fully saturated rings. The van der Waals surface area contributed by atoms with Gasteiger partial charge in [-0.15, -0.1) is 11.3 Å². The summed E-state index contributed by atoms with van der Waals surface area (Å²) in [5.41, 5.74) is 7.89. The maximum Gasteiger partial charge on any atom is 0.132 e. The van der Waals surface area contributed by atoms with Crippen LogP contribution in [0.15, 0.2) is 30.3 Å². The Morgan fingerprint density at radius 1 is 1.25 bits per heavy atom. The Labute approximate surface area is 122 Å². The van der Waals surface area contributed by atoms with Gasteiger partial charge in [-0.1, -0.05) is 30.3 Å². The average Bonchev–Trinajstić information content (AvgIpc) is 2.94. The van der Waals surface area contributed by atoms with E-state index in [0.29, 0.717) is 26.4 Å². The van der Waals surface area contributed by atoms with Crippen molar-refractivity contribution in [2.45, 2.75) is 12.5 Å². The number of rotatable bonds is 4. The third kappa shape index (κ3) is 2.91. The molecule has 1 saturated heterocycles. The van der Waals surface area contributed by atoms with Crippen LogP contribution in [0.3, 0.4) is 0 Å². The molecule has 1 atom stereocenters. The van der Waals surface area contributed by atoms with E-state index in [-0.39, 0.29) is 6.10 Å². The summed E-state index contributed by atoms with van der Waals surface area (Å²) in [6, 6.07) is 10.2. The third-order valence-corrected chi connectivity index (χ3v) is 4.43. The van der Waals surface area contributed by atoms with Crippen molar-refractivity contribution in [2.24, 2.45) is 5.73 Å². The van der Waals surface area contributed by atoms with Crippen molar-refractivity contribution in [2.75, 3.05) is 26.4 Å². The van der Waals surface area contributed by atoms with E-state index < -0.39 is 0 Å². The van der Waals surface area contributed by atoms with Crippen LogP contribution in [-0.4, -0.2) is 31.3 Å². The van der Waals surface area contributed by atoms with E-state index in [2.05, 4.69) is 12.1 Å². The van der Waals surface area contributed by atoms with E-state index in [1.165, 1.54) is 4.88 Å². The molecule has 1 aliphatic heterocycles. The lowest BCUT2D eigenvalue weighted by molar-refractivity contribution is -0.0901. The summed E-state index contributed by atoms with van der Waals surface area (Å²) in [7, 11) is 0. The van der Waals surface area contributed by atoms with E-state index in [4.69, 9.17) is 20.2 Å². The van der Waals surface area contributed by atoms with Gasteiger partial charge in [0.15, 0.2) is 0 Å². The molecule has 0 aliphatic carbocycles. The Bertz CT molecular complexity index is 550. The Kier molecular flexibility index (Phi) is 4.42. The molecule has 0 saturated carbocycles. The number of hydrogen-bond acceptors (Lipinski definition) is 5. The summed E-state index contributed by atoms with van der Waals surface area (Å²) in [5.74, 6) is 0. The molecule has 1 aromatic heterocycles. The van der Waals surface area contributed by atoms with Crippen LogP contribution < -0.4 is 5.73 Å². The fourth-order valence-electron chi connectivity index (χ4n) is 2.26. The molecule has 2 N–H and O–H groups in total. The molecule has 4 nitrogen and oxygen atoms in total. The summed E-state index contributed by atoms with van der Waals surface area (Å²) in [6.07, 6.45) is 0.804. The summed E-state index contributed by atoms with van der Waals surface area (Å²) < 4.78 is 11.2. The molecule has 2 heterocycles. The lowest BCUT2D eigenvalue weighted by Gasteiger charge is -2.20. The van der Waals surface area contributed by atoms with Crippen molar-refractivity contribution in [3.63, 3.8) is 0 Å². The highest BCUT2D eigenvalue weighted by molar-refractivity contribution is 7.12. The van der Waals surface area contributed by atoms with Gasteiger partial charge in [0.05, 0.1) is 25.5 Å². The molecule has 5 heteroatoms. The maximum atomic E-state index is 5.74. The Morgan fingerprint density at radius 3 is 2.80 bits per heavy atom. The molecule has 3 rings (SSSR count). The molecule has 0 bridgehead atoms. The highest BCUT2D eigenvalue weighted by atomic mass is 32.1. The van der Waals surface area contributed by atoms with Crippen molar-refractivity contribution >= 4 is 11.3 Å². The second-order valence-corrected chi connectivity index (χ2v) is 5.78. The lowest BCUT2D eigenvalue weighted by atomic mass is 10.1. The topological polar surface area (TPSA) is 57.4 Å². The molecular weight excluding hydrogens is 272 g/mol. The first-order valence-corrected chi connectivity index (χ1v) is 7.64. The minimum atomic E-state index is -0.0391. The fourth-order valence-corrected chi connectivity index (χ4v) is 3.40. The van der Waals surface area contributed by atoms with Gasteiger partial charge in [-0.3, -0.25) is 0 Å². The minimum Gasteiger partial charge on any atom is -0.376 e. The predicted molar refractivity (Wildman–Crippen MR) is 79.8 cm³/mol. The van der Waals surface area contributed by atoms with Crippen LogP contribution in [0.25, 0.3) is 11.3 Å².